The summed E-state index contributed by atoms with van der Waals surface area (Å²) in [4.78, 5) is 10.7. The molecule has 0 aliphatic rings. The van der Waals surface area contributed by atoms with Crippen molar-refractivity contribution in [2.45, 2.75) is 11.8 Å². The van der Waals surface area contributed by atoms with Crippen molar-refractivity contribution in [1.29, 1.82) is 0 Å². The van der Waals surface area contributed by atoms with Crippen LogP contribution in [-0.4, -0.2) is 14.4 Å². The van der Waals surface area contributed by atoms with E-state index >= 15 is 0 Å². The van der Waals surface area contributed by atoms with Gasteiger partial charge in [0.15, 0.2) is 0 Å². The standard InChI is InChI=1S/C14H14ClN3O3S/c1-9-2-7-13(12(15)8-9)22(20,21)18-11-5-3-10(4-6-11)17-14(16)19/h2-8,18H,1H3,(H3,16,17,19). The van der Waals surface area contributed by atoms with E-state index in [9.17, 15) is 13.2 Å². The molecule has 116 valence electrons. The third-order valence-electron chi connectivity index (χ3n) is 2.78. The minimum atomic E-state index is -3.79. The number of nitrogens with one attached hydrogen (secondary N) is 2. The van der Waals surface area contributed by atoms with Crippen molar-refractivity contribution in [3.63, 3.8) is 0 Å². The van der Waals surface area contributed by atoms with Gasteiger partial charge in [-0.05, 0) is 48.9 Å². The van der Waals surface area contributed by atoms with E-state index in [1.54, 1.807) is 12.1 Å². The molecule has 0 aliphatic heterocycles. The number of anilines is 2. The van der Waals surface area contributed by atoms with Gasteiger partial charge in [0.25, 0.3) is 10.0 Å². The molecule has 22 heavy (non-hydrogen) atoms. The molecule has 2 amide bonds. The summed E-state index contributed by atoms with van der Waals surface area (Å²) in [5, 5.41) is 2.53. The van der Waals surface area contributed by atoms with E-state index in [2.05, 4.69) is 10.0 Å². The molecule has 0 aliphatic carbocycles. The number of primary amides is 1. The quantitative estimate of drug-likeness (QED) is 0.798. The number of benzene rings is 2. The van der Waals surface area contributed by atoms with Crippen molar-refractivity contribution in [3.8, 4) is 0 Å². The average molecular weight is 340 g/mol. The van der Waals surface area contributed by atoms with Crippen LogP contribution in [0.2, 0.25) is 5.02 Å². The molecule has 6 nitrogen and oxygen atoms in total. The van der Waals surface area contributed by atoms with Gasteiger partial charge in [0.05, 0.1) is 5.02 Å². The maximum Gasteiger partial charge on any atom is 0.316 e. The lowest BCUT2D eigenvalue weighted by atomic mass is 10.2. The fourth-order valence-electron chi connectivity index (χ4n) is 1.80. The van der Waals surface area contributed by atoms with Crippen molar-refractivity contribution in [1.82, 2.24) is 0 Å². The van der Waals surface area contributed by atoms with Gasteiger partial charge in [-0.25, -0.2) is 13.2 Å². The number of sulfonamides is 1. The molecule has 0 saturated heterocycles. The van der Waals surface area contributed by atoms with Gasteiger partial charge in [-0.3, -0.25) is 4.72 Å². The first kappa shape index (κ1) is 16.1. The van der Waals surface area contributed by atoms with E-state index in [0.717, 1.165) is 5.56 Å². The number of carbonyl (C=O) groups excluding carboxylic acids is 1. The summed E-state index contributed by atoms with van der Waals surface area (Å²) >= 11 is 5.98. The van der Waals surface area contributed by atoms with E-state index in [1.165, 1.54) is 30.3 Å². The molecule has 2 aromatic carbocycles. The van der Waals surface area contributed by atoms with E-state index < -0.39 is 16.1 Å². The number of nitrogens with two attached hydrogens (primary N) is 1. The lowest BCUT2D eigenvalue weighted by molar-refractivity contribution is 0.259. The highest BCUT2D eigenvalue weighted by molar-refractivity contribution is 7.92. The zero-order valence-corrected chi connectivity index (χ0v) is 13.2. The van der Waals surface area contributed by atoms with Gasteiger partial charge in [0.1, 0.15) is 4.90 Å². The van der Waals surface area contributed by atoms with Crippen LogP contribution in [0.5, 0.6) is 0 Å². The number of urea groups is 1. The van der Waals surface area contributed by atoms with E-state index in [0.29, 0.717) is 11.4 Å². The minimum absolute atomic E-state index is 0.000829. The zero-order valence-electron chi connectivity index (χ0n) is 11.6. The molecule has 0 fully saturated rings. The van der Waals surface area contributed by atoms with Crippen LogP contribution in [0.25, 0.3) is 0 Å². The summed E-state index contributed by atoms with van der Waals surface area (Å²) in [7, 11) is -3.79. The van der Waals surface area contributed by atoms with Gasteiger partial charge in [-0.15, -0.1) is 0 Å². The van der Waals surface area contributed by atoms with Crippen LogP contribution in [0.4, 0.5) is 16.2 Å². The van der Waals surface area contributed by atoms with Crippen LogP contribution in [0, 0.1) is 6.92 Å². The summed E-state index contributed by atoms with van der Waals surface area (Å²) in [6.07, 6.45) is 0. The Morgan fingerprint density at radius 1 is 1.09 bits per heavy atom. The molecule has 0 bridgehead atoms. The molecule has 0 spiro atoms. The predicted octanol–water partition coefficient (Wildman–Crippen LogP) is 2.94. The molecule has 0 aromatic heterocycles. The lowest BCUT2D eigenvalue weighted by Gasteiger charge is -2.10. The first-order valence-electron chi connectivity index (χ1n) is 6.23. The highest BCUT2D eigenvalue weighted by Crippen LogP contribution is 2.25. The van der Waals surface area contributed by atoms with Crippen LogP contribution in [-0.2, 0) is 10.0 Å². The van der Waals surface area contributed by atoms with E-state index in [1.807, 2.05) is 6.92 Å². The Labute approximate surface area is 133 Å². The summed E-state index contributed by atoms with van der Waals surface area (Å²) < 4.78 is 27.0. The third-order valence-corrected chi connectivity index (χ3v) is 4.65. The number of amides is 2. The summed E-state index contributed by atoms with van der Waals surface area (Å²) in [6, 6.07) is 10.1. The Hall–Kier alpha value is -2.25. The maximum absolute atomic E-state index is 12.3. The highest BCUT2D eigenvalue weighted by Gasteiger charge is 2.17. The number of hydrogen-bond donors (Lipinski definition) is 3. The van der Waals surface area contributed by atoms with Crippen LogP contribution >= 0.6 is 11.6 Å². The van der Waals surface area contributed by atoms with Crippen LogP contribution < -0.4 is 15.8 Å². The zero-order chi connectivity index (χ0) is 16.3. The summed E-state index contributed by atoms with van der Waals surface area (Å²) in [6.45, 7) is 1.82. The molecule has 0 radical (unpaired) electrons. The molecule has 0 heterocycles. The minimum Gasteiger partial charge on any atom is -0.351 e. The Bertz CT molecular complexity index is 805. The van der Waals surface area contributed by atoms with Crippen molar-refractivity contribution in [3.05, 3.63) is 53.1 Å². The van der Waals surface area contributed by atoms with E-state index in [4.69, 9.17) is 17.3 Å². The lowest BCUT2D eigenvalue weighted by Crippen LogP contribution is -2.19. The number of aryl methyl sites for hydroxylation is 1. The van der Waals surface area contributed by atoms with Crippen LogP contribution in [0.3, 0.4) is 0 Å². The summed E-state index contributed by atoms with van der Waals surface area (Å²) in [5.74, 6) is 0. The first-order valence-corrected chi connectivity index (χ1v) is 8.09. The molecular weight excluding hydrogens is 326 g/mol. The maximum atomic E-state index is 12.3. The Morgan fingerprint density at radius 2 is 1.68 bits per heavy atom. The highest BCUT2D eigenvalue weighted by atomic mass is 35.5. The summed E-state index contributed by atoms with van der Waals surface area (Å²) in [5.41, 5.74) is 6.66. The smallest absolute Gasteiger partial charge is 0.316 e. The second kappa shape index (κ2) is 6.25. The number of carbonyl (C=O) groups is 1. The molecule has 2 rings (SSSR count). The molecule has 2 aromatic rings. The number of halogens is 1. The molecule has 4 N–H and O–H groups in total. The van der Waals surface area contributed by atoms with Crippen molar-refractivity contribution < 1.29 is 13.2 Å². The third kappa shape index (κ3) is 3.90. The number of hydrogen-bond acceptors (Lipinski definition) is 3. The van der Waals surface area contributed by atoms with Gasteiger partial charge in [0, 0.05) is 11.4 Å². The largest absolute Gasteiger partial charge is 0.351 e. The molecule has 0 saturated carbocycles. The van der Waals surface area contributed by atoms with Crippen molar-refractivity contribution in [2.75, 3.05) is 10.0 Å². The first-order chi connectivity index (χ1) is 10.3. The second-order valence-electron chi connectivity index (χ2n) is 4.61. The monoisotopic (exact) mass is 339 g/mol. The van der Waals surface area contributed by atoms with Gasteiger partial charge in [0.2, 0.25) is 0 Å². The van der Waals surface area contributed by atoms with Crippen LogP contribution in [0.15, 0.2) is 47.4 Å². The molecular formula is C14H14ClN3O3S. The van der Waals surface area contributed by atoms with Crippen molar-refractivity contribution in [2.24, 2.45) is 5.73 Å². The Morgan fingerprint density at radius 3 is 2.23 bits per heavy atom. The Balaban J connectivity index is 2.23. The Kier molecular flexibility index (Phi) is 4.58. The predicted molar refractivity (Wildman–Crippen MR) is 86.6 cm³/mol. The fourth-order valence-corrected chi connectivity index (χ4v) is 3.46. The van der Waals surface area contributed by atoms with Crippen molar-refractivity contribution >= 4 is 39.0 Å². The van der Waals surface area contributed by atoms with Gasteiger partial charge >= 0.3 is 6.03 Å². The topological polar surface area (TPSA) is 101 Å². The second-order valence-corrected chi connectivity index (χ2v) is 6.66. The SMILES string of the molecule is Cc1ccc(S(=O)(=O)Nc2ccc(NC(N)=O)cc2)c(Cl)c1. The van der Waals surface area contributed by atoms with Gasteiger partial charge in [-0.2, -0.15) is 0 Å². The van der Waals surface area contributed by atoms with Crippen LogP contribution in [0.1, 0.15) is 5.56 Å². The number of rotatable bonds is 4. The fraction of sp³-hybridized carbons (Fsp3) is 0.0714. The normalized spacial score (nSPS) is 11.0. The van der Waals surface area contributed by atoms with E-state index in [-0.39, 0.29) is 9.92 Å². The van der Waals surface area contributed by atoms with Gasteiger partial charge < -0.3 is 11.1 Å². The molecule has 8 heteroatoms. The molecule has 0 unspecified atom stereocenters. The average Bonchev–Trinajstić information content (AvgIpc) is 2.39. The molecule has 0 atom stereocenters. The van der Waals surface area contributed by atoms with Gasteiger partial charge in [-0.1, -0.05) is 17.7 Å².